The van der Waals surface area contributed by atoms with Crippen molar-refractivity contribution in [3.63, 3.8) is 0 Å². The van der Waals surface area contributed by atoms with Crippen LogP contribution in [0, 0.1) is 10.1 Å². The highest BCUT2D eigenvalue weighted by atomic mass is 32.2. The molecule has 0 saturated heterocycles. The van der Waals surface area contributed by atoms with E-state index in [-0.39, 0.29) is 28.6 Å². The molecule has 0 aliphatic heterocycles. The smallest absolute Gasteiger partial charge is 0.416 e. The number of hydrogen-bond acceptors (Lipinski definition) is 6. The Morgan fingerprint density at radius 2 is 1.90 bits per heavy atom. The van der Waals surface area contributed by atoms with Gasteiger partial charge in [0.15, 0.2) is 5.75 Å². The van der Waals surface area contributed by atoms with Crippen molar-refractivity contribution in [1.82, 2.24) is 0 Å². The molecule has 0 fully saturated rings. The molecule has 0 aliphatic carbocycles. The molecule has 0 bridgehead atoms. The first kappa shape index (κ1) is 24.3. The van der Waals surface area contributed by atoms with Crippen molar-refractivity contribution in [1.29, 1.82) is 0 Å². The number of amides is 1. The van der Waals surface area contributed by atoms with Crippen LogP contribution in [0.4, 0.5) is 24.5 Å². The second kappa shape index (κ2) is 10.9. The summed E-state index contributed by atoms with van der Waals surface area (Å²) in [4.78, 5) is 22.8. The van der Waals surface area contributed by atoms with Crippen LogP contribution in [0.15, 0.2) is 36.4 Å². The van der Waals surface area contributed by atoms with Gasteiger partial charge in [0.1, 0.15) is 5.75 Å². The highest BCUT2D eigenvalue weighted by molar-refractivity contribution is 7.99. The zero-order valence-corrected chi connectivity index (χ0v) is 17.6. The van der Waals surface area contributed by atoms with E-state index in [0.717, 1.165) is 23.9 Å². The Kier molecular flexibility index (Phi) is 8.55. The van der Waals surface area contributed by atoms with E-state index in [0.29, 0.717) is 24.3 Å². The number of carbonyl (C=O) groups is 1. The van der Waals surface area contributed by atoms with Crippen LogP contribution in [0.5, 0.6) is 11.5 Å². The van der Waals surface area contributed by atoms with Crippen molar-refractivity contribution >= 4 is 29.0 Å². The number of anilines is 1. The number of methoxy groups -OCH3 is 1. The Hall–Kier alpha value is -2.95. The lowest BCUT2D eigenvalue weighted by molar-refractivity contribution is -0.385. The third-order valence-corrected chi connectivity index (χ3v) is 4.99. The summed E-state index contributed by atoms with van der Waals surface area (Å²) in [5.74, 6) is -0.0168. The average Bonchev–Trinajstić information content (AvgIpc) is 2.71. The molecule has 0 aliphatic rings. The van der Waals surface area contributed by atoms with Crippen molar-refractivity contribution in [2.75, 3.05) is 24.8 Å². The highest BCUT2D eigenvalue weighted by Crippen LogP contribution is 2.35. The number of ether oxygens (including phenoxy) is 2. The number of nitro benzene ring substituents is 1. The van der Waals surface area contributed by atoms with Crippen LogP contribution in [0.3, 0.4) is 0 Å². The molecule has 0 saturated carbocycles. The summed E-state index contributed by atoms with van der Waals surface area (Å²) in [5, 5.41) is 13.5. The van der Waals surface area contributed by atoms with Crippen LogP contribution in [0.1, 0.15) is 24.5 Å². The maximum Gasteiger partial charge on any atom is 0.416 e. The number of rotatable bonds is 10. The summed E-state index contributed by atoms with van der Waals surface area (Å²) < 4.78 is 49.4. The van der Waals surface area contributed by atoms with Gasteiger partial charge in [-0.15, -0.1) is 11.8 Å². The summed E-state index contributed by atoms with van der Waals surface area (Å²) in [6.45, 7) is 2.14. The summed E-state index contributed by atoms with van der Waals surface area (Å²) in [7, 11) is 1.33. The fourth-order valence-electron chi connectivity index (χ4n) is 2.56. The Morgan fingerprint density at radius 1 is 1.19 bits per heavy atom. The summed E-state index contributed by atoms with van der Waals surface area (Å²) >= 11 is 1.16. The zero-order valence-electron chi connectivity index (χ0n) is 16.8. The summed E-state index contributed by atoms with van der Waals surface area (Å²) in [5.41, 5.74) is -0.540. The predicted molar refractivity (Wildman–Crippen MR) is 112 cm³/mol. The number of halogens is 3. The molecule has 168 valence electrons. The van der Waals surface area contributed by atoms with Crippen LogP contribution >= 0.6 is 11.8 Å². The molecule has 0 unspecified atom stereocenters. The summed E-state index contributed by atoms with van der Waals surface area (Å²) in [6, 6.07) is 7.37. The van der Waals surface area contributed by atoms with Crippen molar-refractivity contribution in [2.45, 2.75) is 25.3 Å². The quantitative estimate of drug-likeness (QED) is 0.385. The number of benzene rings is 2. The normalized spacial score (nSPS) is 11.1. The molecule has 1 amide bonds. The standard InChI is InChI=1S/C20H21F3N2O5S/c1-3-8-30-17-7-5-14(20(21,22)23)10-15(17)24-19(26)12-31-11-13-4-6-18(29-2)16(9-13)25(27)28/h4-7,9-10H,3,8,11-12H2,1-2H3,(H,24,26). The Bertz CT molecular complexity index is 938. The van der Waals surface area contributed by atoms with Gasteiger partial charge in [0, 0.05) is 11.8 Å². The third-order valence-electron chi connectivity index (χ3n) is 3.98. The van der Waals surface area contributed by atoms with E-state index in [1.165, 1.54) is 25.3 Å². The molecule has 11 heteroatoms. The number of nitrogens with zero attached hydrogens (tertiary/aromatic N) is 1. The highest BCUT2D eigenvalue weighted by Gasteiger charge is 2.31. The maximum absolute atomic E-state index is 13.0. The monoisotopic (exact) mass is 458 g/mol. The van der Waals surface area contributed by atoms with E-state index in [2.05, 4.69) is 5.32 Å². The maximum atomic E-state index is 13.0. The molecule has 0 spiro atoms. The number of hydrogen-bond donors (Lipinski definition) is 1. The fourth-order valence-corrected chi connectivity index (χ4v) is 3.33. The molecule has 1 N–H and O–H groups in total. The van der Waals surface area contributed by atoms with E-state index >= 15 is 0 Å². The minimum Gasteiger partial charge on any atom is -0.491 e. The summed E-state index contributed by atoms with van der Waals surface area (Å²) in [6.07, 6.45) is -3.90. The van der Waals surface area contributed by atoms with Crippen LogP contribution in [0.2, 0.25) is 0 Å². The minimum atomic E-state index is -4.55. The first-order chi connectivity index (χ1) is 14.7. The van der Waals surface area contributed by atoms with E-state index in [1.807, 2.05) is 6.92 Å². The van der Waals surface area contributed by atoms with E-state index in [4.69, 9.17) is 9.47 Å². The number of thioether (sulfide) groups is 1. The topological polar surface area (TPSA) is 90.7 Å². The van der Waals surface area contributed by atoms with Gasteiger partial charge in [-0.25, -0.2) is 0 Å². The van der Waals surface area contributed by atoms with Crippen LogP contribution in [0.25, 0.3) is 0 Å². The lowest BCUT2D eigenvalue weighted by atomic mass is 10.1. The molecule has 0 aromatic heterocycles. The van der Waals surface area contributed by atoms with Gasteiger partial charge in [-0.3, -0.25) is 14.9 Å². The number of carbonyl (C=O) groups excluding carboxylic acids is 1. The third kappa shape index (κ3) is 7.06. The average molecular weight is 458 g/mol. The molecule has 0 atom stereocenters. The van der Waals surface area contributed by atoms with E-state index < -0.39 is 22.6 Å². The fraction of sp³-hybridized carbons (Fsp3) is 0.350. The second-order valence-electron chi connectivity index (χ2n) is 6.36. The number of alkyl halides is 3. The molecule has 0 heterocycles. The zero-order chi connectivity index (χ0) is 23.0. The van der Waals surface area contributed by atoms with Crippen molar-refractivity contribution in [2.24, 2.45) is 0 Å². The van der Waals surface area contributed by atoms with E-state index in [1.54, 1.807) is 6.07 Å². The Labute approximate surface area is 181 Å². The van der Waals surface area contributed by atoms with Crippen LogP contribution < -0.4 is 14.8 Å². The predicted octanol–water partition coefficient (Wildman–Crippen LogP) is 5.28. The molecule has 2 aromatic rings. The molecule has 0 radical (unpaired) electrons. The first-order valence-corrected chi connectivity index (χ1v) is 10.3. The second-order valence-corrected chi connectivity index (χ2v) is 7.35. The molecule has 31 heavy (non-hydrogen) atoms. The lowest BCUT2D eigenvalue weighted by Crippen LogP contribution is -2.16. The molecular formula is C20H21F3N2O5S. The van der Waals surface area contributed by atoms with Gasteiger partial charge in [0.25, 0.3) is 0 Å². The van der Waals surface area contributed by atoms with Crippen LogP contribution in [-0.2, 0) is 16.7 Å². The van der Waals surface area contributed by atoms with Gasteiger partial charge in [0.05, 0.1) is 35.6 Å². The van der Waals surface area contributed by atoms with Gasteiger partial charge in [-0.2, -0.15) is 13.2 Å². The minimum absolute atomic E-state index is 0.0611. The van der Waals surface area contributed by atoms with Crippen molar-refractivity contribution < 1.29 is 32.4 Å². The van der Waals surface area contributed by atoms with Gasteiger partial charge in [0.2, 0.25) is 5.91 Å². The Balaban J connectivity index is 2.03. The molecule has 7 nitrogen and oxygen atoms in total. The van der Waals surface area contributed by atoms with Crippen molar-refractivity contribution in [3.05, 3.63) is 57.6 Å². The number of nitrogens with one attached hydrogen (secondary N) is 1. The molecule has 2 rings (SSSR count). The molecule has 2 aromatic carbocycles. The first-order valence-electron chi connectivity index (χ1n) is 9.18. The SMILES string of the molecule is CCCOc1ccc(C(F)(F)F)cc1NC(=O)CSCc1ccc(OC)c([N+](=O)[O-])c1. The van der Waals surface area contributed by atoms with Crippen LogP contribution in [-0.4, -0.2) is 30.3 Å². The van der Waals surface area contributed by atoms with Gasteiger partial charge in [-0.1, -0.05) is 13.0 Å². The van der Waals surface area contributed by atoms with Gasteiger partial charge < -0.3 is 14.8 Å². The Morgan fingerprint density at radius 3 is 2.52 bits per heavy atom. The van der Waals surface area contributed by atoms with Gasteiger partial charge in [-0.05, 0) is 36.2 Å². The van der Waals surface area contributed by atoms with E-state index in [9.17, 15) is 28.1 Å². The lowest BCUT2D eigenvalue weighted by Gasteiger charge is -2.15. The number of nitro groups is 1. The molecular weight excluding hydrogens is 437 g/mol. The largest absolute Gasteiger partial charge is 0.491 e. The van der Waals surface area contributed by atoms with Crippen molar-refractivity contribution in [3.8, 4) is 11.5 Å². The van der Waals surface area contributed by atoms with Gasteiger partial charge >= 0.3 is 11.9 Å².